The Morgan fingerprint density at radius 3 is 2.29 bits per heavy atom. The summed E-state index contributed by atoms with van der Waals surface area (Å²) in [5.41, 5.74) is 1.36. The Labute approximate surface area is 141 Å². The van der Waals surface area contributed by atoms with E-state index in [0.717, 1.165) is 6.42 Å². The lowest BCUT2D eigenvalue weighted by molar-refractivity contribution is -0.116. The van der Waals surface area contributed by atoms with Crippen molar-refractivity contribution in [3.63, 3.8) is 0 Å². The van der Waals surface area contributed by atoms with E-state index in [0.29, 0.717) is 36.0 Å². The highest BCUT2D eigenvalue weighted by Gasteiger charge is 2.06. The van der Waals surface area contributed by atoms with Crippen molar-refractivity contribution in [2.75, 3.05) is 10.6 Å². The van der Waals surface area contributed by atoms with Crippen LogP contribution in [0.5, 0.6) is 0 Å². The molecule has 2 rings (SSSR count). The summed E-state index contributed by atoms with van der Waals surface area (Å²) in [6, 6.07) is 10.2. The fourth-order valence-electron chi connectivity index (χ4n) is 2.04. The van der Waals surface area contributed by atoms with E-state index in [1.807, 2.05) is 0 Å². The molecule has 6 heteroatoms. The molecule has 1 aromatic carbocycles. The van der Waals surface area contributed by atoms with Crippen LogP contribution in [0.4, 0.5) is 16.2 Å². The summed E-state index contributed by atoms with van der Waals surface area (Å²) in [5.74, 6) is 1.19. The molecule has 0 atom stereocenters. The van der Waals surface area contributed by atoms with Crippen LogP contribution in [0.2, 0.25) is 0 Å². The van der Waals surface area contributed by atoms with Crippen molar-refractivity contribution in [1.82, 2.24) is 5.32 Å². The van der Waals surface area contributed by atoms with Crippen molar-refractivity contribution in [2.24, 2.45) is 5.92 Å². The number of carbonyl (C=O) groups excluding carboxylic acids is 2. The first kappa shape index (κ1) is 17.6. The number of rotatable bonds is 7. The number of furan rings is 1. The highest BCUT2D eigenvalue weighted by molar-refractivity contribution is 5.92. The van der Waals surface area contributed by atoms with E-state index in [9.17, 15) is 9.59 Å². The Kier molecular flexibility index (Phi) is 6.42. The standard InChI is InChI=1S/C18H23N3O3/c1-13(2)5-10-17(22)20-14-6-8-15(9-7-14)21-18(23)19-12-16-4-3-11-24-16/h3-4,6-9,11,13H,5,10,12H2,1-2H3,(H,20,22)(H2,19,21,23). The molecule has 0 bridgehead atoms. The van der Waals surface area contributed by atoms with Crippen molar-refractivity contribution in [3.05, 3.63) is 48.4 Å². The summed E-state index contributed by atoms with van der Waals surface area (Å²) in [7, 11) is 0. The number of hydrogen-bond acceptors (Lipinski definition) is 3. The van der Waals surface area contributed by atoms with Gasteiger partial charge in [-0.2, -0.15) is 0 Å². The van der Waals surface area contributed by atoms with Crippen molar-refractivity contribution in [1.29, 1.82) is 0 Å². The lowest BCUT2D eigenvalue weighted by Gasteiger charge is -2.09. The number of benzene rings is 1. The predicted molar refractivity (Wildman–Crippen MR) is 93.7 cm³/mol. The van der Waals surface area contributed by atoms with Crippen LogP contribution in [0.1, 0.15) is 32.4 Å². The molecule has 2 aromatic rings. The Hall–Kier alpha value is -2.76. The Morgan fingerprint density at radius 1 is 1.04 bits per heavy atom. The molecule has 0 aliphatic carbocycles. The van der Waals surface area contributed by atoms with Gasteiger partial charge in [0.1, 0.15) is 5.76 Å². The number of carbonyl (C=O) groups is 2. The molecule has 0 unspecified atom stereocenters. The average molecular weight is 329 g/mol. The first-order chi connectivity index (χ1) is 11.5. The molecule has 0 spiro atoms. The summed E-state index contributed by atoms with van der Waals surface area (Å²) in [4.78, 5) is 23.6. The van der Waals surface area contributed by atoms with Crippen molar-refractivity contribution in [2.45, 2.75) is 33.2 Å². The lowest BCUT2D eigenvalue weighted by atomic mass is 10.1. The number of anilines is 2. The van der Waals surface area contributed by atoms with Crippen LogP contribution < -0.4 is 16.0 Å². The third-order valence-corrected chi connectivity index (χ3v) is 3.38. The fourth-order valence-corrected chi connectivity index (χ4v) is 2.04. The Bertz CT molecular complexity index is 649. The Balaban J connectivity index is 1.76. The minimum atomic E-state index is -0.319. The van der Waals surface area contributed by atoms with Gasteiger partial charge in [0.05, 0.1) is 12.8 Å². The maximum atomic E-state index is 11.8. The summed E-state index contributed by atoms with van der Waals surface area (Å²) >= 11 is 0. The van der Waals surface area contributed by atoms with Crippen molar-refractivity contribution < 1.29 is 14.0 Å². The molecular weight excluding hydrogens is 306 g/mol. The molecule has 3 amide bonds. The molecular formula is C18H23N3O3. The molecule has 0 saturated carbocycles. The SMILES string of the molecule is CC(C)CCC(=O)Nc1ccc(NC(=O)NCc2ccco2)cc1. The number of amides is 3. The minimum Gasteiger partial charge on any atom is -0.467 e. The normalized spacial score (nSPS) is 10.5. The van der Waals surface area contributed by atoms with E-state index in [1.165, 1.54) is 0 Å². The van der Waals surface area contributed by atoms with Gasteiger partial charge in [0.25, 0.3) is 0 Å². The van der Waals surface area contributed by atoms with Crippen molar-refractivity contribution in [3.8, 4) is 0 Å². The molecule has 6 nitrogen and oxygen atoms in total. The highest BCUT2D eigenvalue weighted by Crippen LogP contribution is 2.14. The van der Waals surface area contributed by atoms with Gasteiger partial charge >= 0.3 is 6.03 Å². The third kappa shape index (κ3) is 6.16. The molecule has 1 aromatic heterocycles. The van der Waals surface area contributed by atoms with Gasteiger partial charge in [-0.1, -0.05) is 13.8 Å². The van der Waals surface area contributed by atoms with E-state index in [-0.39, 0.29) is 11.9 Å². The second-order valence-electron chi connectivity index (χ2n) is 5.95. The van der Waals surface area contributed by atoms with E-state index in [1.54, 1.807) is 42.7 Å². The quantitative estimate of drug-likeness (QED) is 0.718. The summed E-state index contributed by atoms with van der Waals surface area (Å²) in [6.45, 7) is 4.50. The maximum Gasteiger partial charge on any atom is 0.319 e. The zero-order chi connectivity index (χ0) is 17.4. The zero-order valence-corrected chi connectivity index (χ0v) is 14.0. The van der Waals surface area contributed by atoms with Gasteiger partial charge in [0.15, 0.2) is 0 Å². The highest BCUT2D eigenvalue weighted by atomic mass is 16.3. The summed E-state index contributed by atoms with van der Waals surface area (Å²) in [5, 5.41) is 8.26. The topological polar surface area (TPSA) is 83.4 Å². The van der Waals surface area contributed by atoms with Crippen LogP contribution in [-0.2, 0) is 11.3 Å². The van der Waals surface area contributed by atoms with E-state index in [2.05, 4.69) is 29.8 Å². The van der Waals surface area contributed by atoms with Gasteiger partial charge in [0.2, 0.25) is 5.91 Å². The molecule has 24 heavy (non-hydrogen) atoms. The van der Waals surface area contributed by atoms with Crippen LogP contribution in [0, 0.1) is 5.92 Å². The van der Waals surface area contributed by atoms with Crippen LogP contribution in [-0.4, -0.2) is 11.9 Å². The third-order valence-electron chi connectivity index (χ3n) is 3.38. The first-order valence-electron chi connectivity index (χ1n) is 8.00. The minimum absolute atomic E-state index is 0.000556. The van der Waals surface area contributed by atoms with E-state index < -0.39 is 0 Å². The van der Waals surface area contributed by atoms with Gasteiger partial charge in [-0.25, -0.2) is 4.79 Å². The van der Waals surface area contributed by atoms with Crippen LogP contribution >= 0.6 is 0 Å². The van der Waals surface area contributed by atoms with Crippen LogP contribution in [0.15, 0.2) is 47.1 Å². The van der Waals surface area contributed by atoms with Crippen LogP contribution in [0.3, 0.4) is 0 Å². The second kappa shape index (κ2) is 8.76. The molecule has 128 valence electrons. The molecule has 0 aliphatic heterocycles. The van der Waals surface area contributed by atoms with Gasteiger partial charge in [-0.05, 0) is 48.7 Å². The van der Waals surface area contributed by atoms with Gasteiger partial charge in [0, 0.05) is 17.8 Å². The number of hydrogen-bond donors (Lipinski definition) is 3. The van der Waals surface area contributed by atoms with E-state index in [4.69, 9.17) is 4.42 Å². The lowest BCUT2D eigenvalue weighted by Crippen LogP contribution is -2.27. The summed E-state index contributed by atoms with van der Waals surface area (Å²) < 4.78 is 5.14. The average Bonchev–Trinajstić information content (AvgIpc) is 3.06. The first-order valence-corrected chi connectivity index (χ1v) is 8.00. The van der Waals surface area contributed by atoms with Gasteiger partial charge in [-0.15, -0.1) is 0 Å². The largest absolute Gasteiger partial charge is 0.467 e. The number of nitrogens with one attached hydrogen (secondary N) is 3. The molecule has 1 heterocycles. The smallest absolute Gasteiger partial charge is 0.319 e. The fraction of sp³-hybridized carbons (Fsp3) is 0.333. The van der Waals surface area contributed by atoms with Gasteiger partial charge in [-0.3, -0.25) is 4.79 Å². The molecule has 0 saturated heterocycles. The predicted octanol–water partition coefficient (Wildman–Crippen LogP) is 3.98. The van der Waals surface area contributed by atoms with Crippen LogP contribution in [0.25, 0.3) is 0 Å². The van der Waals surface area contributed by atoms with Gasteiger partial charge < -0.3 is 20.4 Å². The van der Waals surface area contributed by atoms with E-state index >= 15 is 0 Å². The molecule has 0 radical (unpaired) electrons. The molecule has 0 fully saturated rings. The maximum absolute atomic E-state index is 11.8. The molecule has 3 N–H and O–H groups in total. The monoisotopic (exact) mass is 329 g/mol. The summed E-state index contributed by atoms with van der Waals surface area (Å²) in [6.07, 6.45) is 2.93. The Morgan fingerprint density at radius 2 is 1.71 bits per heavy atom. The zero-order valence-electron chi connectivity index (χ0n) is 14.0. The number of urea groups is 1. The second-order valence-corrected chi connectivity index (χ2v) is 5.95. The molecule has 0 aliphatic rings. The van der Waals surface area contributed by atoms with Crippen molar-refractivity contribution >= 4 is 23.3 Å².